The maximum absolute atomic E-state index is 12.8. The molecular formula is C15H22N2O2. The minimum Gasteiger partial charge on any atom is -0.495 e. The lowest BCUT2D eigenvalue weighted by molar-refractivity contribution is 0.0647. The van der Waals surface area contributed by atoms with Crippen LogP contribution in [-0.4, -0.2) is 41.4 Å². The van der Waals surface area contributed by atoms with Crippen LogP contribution in [0, 0.1) is 0 Å². The molecule has 2 rings (SSSR count). The van der Waals surface area contributed by atoms with E-state index in [1.807, 2.05) is 6.92 Å². The van der Waals surface area contributed by atoms with E-state index in [0.717, 1.165) is 19.5 Å². The third-order valence-electron chi connectivity index (χ3n) is 4.19. The van der Waals surface area contributed by atoms with Crippen LogP contribution >= 0.6 is 0 Å². The molecule has 0 aliphatic carbocycles. The molecule has 104 valence electrons. The number of Topliss-reactive ketones (excluding diaryl/α,β-unsaturated/α-hetero) is 1. The number of carbonyl (C=O) groups excluding carboxylic acids is 1. The second kappa shape index (κ2) is 5.70. The van der Waals surface area contributed by atoms with Crippen molar-refractivity contribution in [2.45, 2.75) is 38.6 Å². The highest BCUT2D eigenvalue weighted by molar-refractivity contribution is 6.03. The van der Waals surface area contributed by atoms with Crippen LogP contribution in [0.15, 0.2) is 18.5 Å². The van der Waals surface area contributed by atoms with Gasteiger partial charge in [0, 0.05) is 11.8 Å². The molecule has 1 fully saturated rings. The third kappa shape index (κ3) is 2.63. The third-order valence-corrected chi connectivity index (χ3v) is 4.19. The lowest BCUT2D eigenvalue weighted by atomic mass is 9.87. The van der Waals surface area contributed by atoms with Gasteiger partial charge in [0.25, 0.3) is 0 Å². The van der Waals surface area contributed by atoms with Crippen molar-refractivity contribution in [3.8, 4) is 5.75 Å². The van der Waals surface area contributed by atoms with Crippen LogP contribution in [-0.2, 0) is 0 Å². The topological polar surface area (TPSA) is 42.4 Å². The van der Waals surface area contributed by atoms with Gasteiger partial charge in [-0.15, -0.1) is 0 Å². The standard InChI is InChI=1S/C15H22N2O2/c1-4-15(2,17-7-5-6-8-17)14(18)12-9-13(19-3)11-16-10-12/h9-11H,4-8H2,1-3H3. The molecule has 1 saturated heterocycles. The second-order valence-electron chi connectivity index (χ2n) is 5.26. The fraction of sp³-hybridized carbons (Fsp3) is 0.600. The van der Waals surface area contributed by atoms with Gasteiger partial charge in [-0.05, 0) is 45.3 Å². The van der Waals surface area contributed by atoms with Gasteiger partial charge in [-0.2, -0.15) is 0 Å². The molecule has 1 aromatic heterocycles. The van der Waals surface area contributed by atoms with Crippen molar-refractivity contribution in [3.05, 3.63) is 24.0 Å². The van der Waals surface area contributed by atoms with Gasteiger partial charge in [-0.3, -0.25) is 14.7 Å². The van der Waals surface area contributed by atoms with Gasteiger partial charge in [0.05, 0.1) is 18.8 Å². The molecule has 0 bridgehead atoms. The number of ether oxygens (including phenoxy) is 1. The molecule has 1 aliphatic heterocycles. The first-order chi connectivity index (χ1) is 9.11. The smallest absolute Gasteiger partial charge is 0.184 e. The molecule has 4 nitrogen and oxygen atoms in total. The number of pyridine rings is 1. The van der Waals surface area contributed by atoms with E-state index in [1.54, 1.807) is 25.6 Å². The summed E-state index contributed by atoms with van der Waals surface area (Å²) in [6, 6.07) is 1.78. The number of aromatic nitrogens is 1. The van der Waals surface area contributed by atoms with Crippen LogP contribution in [0.5, 0.6) is 5.75 Å². The van der Waals surface area contributed by atoms with Gasteiger partial charge in [0.2, 0.25) is 0 Å². The highest BCUT2D eigenvalue weighted by Gasteiger charge is 2.39. The molecule has 1 aromatic rings. The van der Waals surface area contributed by atoms with E-state index in [9.17, 15) is 4.79 Å². The molecule has 1 aliphatic rings. The first-order valence-corrected chi connectivity index (χ1v) is 6.90. The fourth-order valence-corrected chi connectivity index (χ4v) is 2.70. The number of hydrogen-bond acceptors (Lipinski definition) is 4. The normalized spacial score (nSPS) is 19.1. The zero-order valence-corrected chi connectivity index (χ0v) is 12.0. The zero-order chi connectivity index (χ0) is 13.9. The van der Waals surface area contributed by atoms with Crippen molar-refractivity contribution in [1.29, 1.82) is 0 Å². The molecule has 0 aromatic carbocycles. The molecular weight excluding hydrogens is 240 g/mol. The van der Waals surface area contributed by atoms with E-state index < -0.39 is 5.54 Å². The number of likely N-dealkylation sites (tertiary alicyclic amines) is 1. The van der Waals surface area contributed by atoms with Gasteiger partial charge in [0.15, 0.2) is 5.78 Å². The molecule has 1 unspecified atom stereocenters. The minimum absolute atomic E-state index is 0.142. The Morgan fingerprint density at radius 1 is 1.42 bits per heavy atom. The van der Waals surface area contributed by atoms with Crippen molar-refractivity contribution < 1.29 is 9.53 Å². The summed E-state index contributed by atoms with van der Waals surface area (Å²) in [7, 11) is 1.59. The minimum atomic E-state index is -0.426. The van der Waals surface area contributed by atoms with E-state index in [1.165, 1.54) is 12.8 Å². The summed E-state index contributed by atoms with van der Waals surface area (Å²) in [5.41, 5.74) is 0.209. The Hall–Kier alpha value is -1.42. The Bertz CT molecular complexity index is 455. The van der Waals surface area contributed by atoms with Gasteiger partial charge < -0.3 is 4.74 Å². The molecule has 2 heterocycles. The highest BCUT2D eigenvalue weighted by Crippen LogP contribution is 2.29. The van der Waals surface area contributed by atoms with Crippen molar-refractivity contribution in [1.82, 2.24) is 9.88 Å². The Kier molecular flexibility index (Phi) is 4.20. The maximum atomic E-state index is 12.8. The molecule has 19 heavy (non-hydrogen) atoms. The SMILES string of the molecule is CCC(C)(C(=O)c1cncc(OC)c1)N1CCCC1. The quantitative estimate of drug-likeness (QED) is 0.765. The van der Waals surface area contributed by atoms with Gasteiger partial charge in [-0.1, -0.05) is 6.92 Å². The molecule has 0 spiro atoms. The molecule has 0 saturated carbocycles. The van der Waals surface area contributed by atoms with Crippen LogP contribution in [0.4, 0.5) is 0 Å². The average molecular weight is 262 g/mol. The van der Waals surface area contributed by atoms with Crippen molar-refractivity contribution in [3.63, 3.8) is 0 Å². The zero-order valence-electron chi connectivity index (χ0n) is 12.0. The number of methoxy groups -OCH3 is 1. The summed E-state index contributed by atoms with van der Waals surface area (Å²) in [6.45, 7) is 6.13. The fourth-order valence-electron chi connectivity index (χ4n) is 2.70. The number of ketones is 1. The molecule has 0 amide bonds. The Labute approximate surface area is 114 Å². The van der Waals surface area contributed by atoms with Crippen LogP contribution in [0.3, 0.4) is 0 Å². The van der Waals surface area contributed by atoms with Crippen molar-refractivity contribution >= 4 is 5.78 Å². The van der Waals surface area contributed by atoms with Gasteiger partial charge in [-0.25, -0.2) is 0 Å². The van der Waals surface area contributed by atoms with Gasteiger partial charge >= 0.3 is 0 Å². The van der Waals surface area contributed by atoms with E-state index in [0.29, 0.717) is 11.3 Å². The Morgan fingerprint density at radius 2 is 2.11 bits per heavy atom. The van der Waals surface area contributed by atoms with E-state index in [4.69, 9.17) is 4.74 Å². The number of rotatable bonds is 5. The monoisotopic (exact) mass is 262 g/mol. The van der Waals surface area contributed by atoms with Crippen LogP contribution in [0.25, 0.3) is 0 Å². The lowest BCUT2D eigenvalue weighted by Crippen LogP contribution is -2.50. The number of nitrogens with zero attached hydrogens (tertiary/aromatic N) is 2. The van der Waals surface area contributed by atoms with Crippen molar-refractivity contribution in [2.24, 2.45) is 0 Å². The Morgan fingerprint density at radius 3 is 2.68 bits per heavy atom. The van der Waals surface area contributed by atoms with Crippen LogP contribution in [0.2, 0.25) is 0 Å². The maximum Gasteiger partial charge on any atom is 0.184 e. The Balaban J connectivity index is 2.28. The van der Waals surface area contributed by atoms with Crippen LogP contribution < -0.4 is 4.74 Å². The van der Waals surface area contributed by atoms with E-state index >= 15 is 0 Å². The summed E-state index contributed by atoms with van der Waals surface area (Å²) >= 11 is 0. The van der Waals surface area contributed by atoms with Crippen LogP contribution in [0.1, 0.15) is 43.5 Å². The second-order valence-corrected chi connectivity index (χ2v) is 5.26. The van der Waals surface area contributed by atoms with Crippen molar-refractivity contribution in [2.75, 3.05) is 20.2 Å². The largest absolute Gasteiger partial charge is 0.495 e. The highest BCUT2D eigenvalue weighted by atomic mass is 16.5. The first kappa shape index (κ1) is 14.0. The summed E-state index contributed by atoms with van der Waals surface area (Å²) in [5.74, 6) is 0.772. The van der Waals surface area contributed by atoms with Gasteiger partial charge in [0.1, 0.15) is 5.75 Å². The summed E-state index contributed by atoms with van der Waals surface area (Å²) < 4.78 is 5.15. The lowest BCUT2D eigenvalue weighted by Gasteiger charge is -2.36. The summed E-state index contributed by atoms with van der Waals surface area (Å²) in [6.07, 6.45) is 6.42. The average Bonchev–Trinajstić information content (AvgIpc) is 3.00. The molecule has 0 N–H and O–H groups in total. The summed E-state index contributed by atoms with van der Waals surface area (Å²) in [4.78, 5) is 19.2. The molecule has 1 atom stereocenters. The number of carbonyl (C=O) groups is 1. The summed E-state index contributed by atoms with van der Waals surface area (Å²) in [5, 5.41) is 0. The molecule has 4 heteroatoms. The predicted octanol–water partition coefficient (Wildman–Crippen LogP) is 2.54. The first-order valence-electron chi connectivity index (χ1n) is 6.90. The van der Waals surface area contributed by atoms with E-state index in [2.05, 4.69) is 16.8 Å². The van der Waals surface area contributed by atoms with E-state index in [-0.39, 0.29) is 5.78 Å². The number of hydrogen-bond donors (Lipinski definition) is 0. The molecule has 0 radical (unpaired) electrons. The predicted molar refractivity (Wildman–Crippen MR) is 74.6 cm³/mol.